The Labute approximate surface area is 119 Å². The van der Waals surface area contributed by atoms with Crippen molar-refractivity contribution >= 4 is 12.0 Å². The van der Waals surface area contributed by atoms with E-state index in [-0.39, 0.29) is 6.03 Å². The van der Waals surface area contributed by atoms with E-state index in [9.17, 15) is 9.59 Å². The van der Waals surface area contributed by atoms with Gasteiger partial charge in [-0.05, 0) is 24.8 Å². The molecule has 0 bridgehead atoms. The van der Waals surface area contributed by atoms with Crippen molar-refractivity contribution in [2.24, 2.45) is 0 Å². The van der Waals surface area contributed by atoms with Gasteiger partial charge >= 0.3 is 12.0 Å². The number of amides is 2. The number of aliphatic carboxylic acids is 1. The molecule has 5 heteroatoms. The Balaban J connectivity index is 2.31. The molecule has 2 amide bonds. The average molecular weight is 278 g/mol. The number of carboxylic acid groups (broad SMARTS) is 1. The van der Waals surface area contributed by atoms with Crippen LogP contribution in [-0.4, -0.2) is 41.6 Å². The average Bonchev–Trinajstić information content (AvgIpc) is 2.44. The molecule has 0 saturated heterocycles. The molecule has 2 N–H and O–H groups in total. The number of carbonyl (C=O) groups excluding carboxylic acids is 1. The van der Waals surface area contributed by atoms with Gasteiger partial charge in [-0.15, -0.1) is 0 Å². The third-order valence-electron chi connectivity index (χ3n) is 3.22. The first kappa shape index (κ1) is 16.0. The van der Waals surface area contributed by atoms with Gasteiger partial charge in [-0.3, -0.25) is 0 Å². The van der Waals surface area contributed by atoms with Crippen LogP contribution < -0.4 is 5.32 Å². The lowest BCUT2D eigenvalue weighted by atomic mass is 10.1. The minimum Gasteiger partial charge on any atom is -0.480 e. The molecule has 0 aliphatic carbocycles. The largest absolute Gasteiger partial charge is 0.480 e. The van der Waals surface area contributed by atoms with Gasteiger partial charge in [0, 0.05) is 13.6 Å². The van der Waals surface area contributed by atoms with Crippen LogP contribution in [0.3, 0.4) is 0 Å². The summed E-state index contributed by atoms with van der Waals surface area (Å²) in [6.45, 7) is 2.28. The van der Waals surface area contributed by atoms with E-state index >= 15 is 0 Å². The maximum Gasteiger partial charge on any atom is 0.326 e. The number of likely N-dealkylation sites (N-methyl/N-ethyl adjacent to an activating group) is 1. The summed E-state index contributed by atoms with van der Waals surface area (Å²) in [5, 5.41) is 11.7. The number of urea groups is 1. The molecule has 1 unspecified atom stereocenters. The predicted molar refractivity (Wildman–Crippen MR) is 77.6 cm³/mol. The number of rotatable bonds is 7. The van der Waals surface area contributed by atoms with Crippen molar-refractivity contribution in [3.63, 3.8) is 0 Å². The third-order valence-corrected chi connectivity index (χ3v) is 3.22. The van der Waals surface area contributed by atoms with Crippen LogP contribution >= 0.6 is 0 Å². The van der Waals surface area contributed by atoms with Crippen molar-refractivity contribution in [2.45, 2.75) is 32.2 Å². The van der Waals surface area contributed by atoms with Crippen LogP contribution in [0.25, 0.3) is 0 Å². The standard InChI is InChI=1S/C15H22N2O3/c1-3-13(14(18)19)17(2)15(20)16-11-7-10-12-8-5-4-6-9-12/h4-6,8-9,13H,3,7,10-11H2,1-2H3,(H,16,20)(H,18,19). The minimum atomic E-state index is -0.977. The topological polar surface area (TPSA) is 69.6 Å². The summed E-state index contributed by atoms with van der Waals surface area (Å²) in [6, 6.07) is 8.92. The summed E-state index contributed by atoms with van der Waals surface area (Å²) in [5.74, 6) is -0.977. The van der Waals surface area contributed by atoms with E-state index in [0.29, 0.717) is 13.0 Å². The number of nitrogens with zero attached hydrogens (tertiary/aromatic N) is 1. The van der Waals surface area contributed by atoms with E-state index in [1.165, 1.54) is 17.5 Å². The lowest BCUT2D eigenvalue weighted by Gasteiger charge is -2.24. The Bertz CT molecular complexity index is 434. The van der Waals surface area contributed by atoms with Crippen molar-refractivity contribution in [2.75, 3.05) is 13.6 Å². The first-order valence-corrected chi connectivity index (χ1v) is 6.83. The van der Waals surface area contributed by atoms with Gasteiger partial charge in [0.25, 0.3) is 0 Å². The third kappa shape index (κ3) is 4.91. The molecular weight excluding hydrogens is 256 g/mol. The first-order valence-electron chi connectivity index (χ1n) is 6.83. The van der Waals surface area contributed by atoms with Gasteiger partial charge in [0.1, 0.15) is 6.04 Å². The zero-order chi connectivity index (χ0) is 15.0. The molecule has 1 atom stereocenters. The Morgan fingerprint density at radius 3 is 2.50 bits per heavy atom. The lowest BCUT2D eigenvalue weighted by molar-refractivity contribution is -0.141. The van der Waals surface area contributed by atoms with Crippen LogP contribution in [0, 0.1) is 0 Å². The number of hydrogen-bond donors (Lipinski definition) is 2. The van der Waals surface area contributed by atoms with Crippen LogP contribution in [0.15, 0.2) is 30.3 Å². The monoisotopic (exact) mass is 278 g/mol. The highest BCUT2D eigenvalue weighted by molar-refractivity contribution is 5.82. The quantitative estimate of drug-likeness (QED) is 0.751. The molecule has 0 radical (unpaired) electrons. The fraction of sp³-hybridized carbons (Fsp3) is 0.467. The molecule has 110 valence electrons. The Morgan fingerprint density at radius 1 is 1.30 bits per heavy atom. The fourth-order valence-corrected chi connectivity index (χ4v) is 2.01. The van der Waals surface area contributed by atoms with E-state index in [1.54, 1.807) is 6.92 Å². The first-order chi connectivity index (χ1) is 9.56. The maximum absolute atomic E-state index is 11.8. The van der Waals surface area contributed by atoms with E-state index < -0.39 is 12.0 Å². The molecule has 0 heterocycles. The molecule has 0 aliphatic heterocycles. The molecule has 5 nitrogen and oxygen atoms in total. The lowest BCUT2D eigenvalue weighted by Crippen LogP contribution is -2.47. The second-order valence-corrected chi connectivity index (χ2v) is 4.69. The van der Waals surface area contributed by atoms with E-state index in [4.69, 9.17) is 5.11 Å². The SMILES string of the molecule is CCC(C(=O)O)N(C)C(=O)NCCCc1ccccc1. The van der Waals surface area contributed by atoms with Crippen molar-refractivity contribution in [3.05, 3.63) is 35.9 Å². The summed E-state index contributed by atoms with van der Waals surface area (Å²) in [4.78, 5) is 24.0. The molecule has 20 heavy (non-hydrogen) atoms. The summed E-state index contributed by atoms with van der Waals surface area (Å²) in [6.07, 6.45) is 2.11. The molecule has 0 aliphatic rings. The highest BCUT2D eigenvalue weighted by Gasteiger charge is 2.24. The number of benzene rings is 1. The molecule has 1 rings (SSSR count). The molecule has 0 fully saturated rings. The zero-order valence-corrected chi connectivity index (χ0v) is 12.0. The number of aryl methyl sites for hydroxylation is 1. The van der Waals surface area contributed by atoms with Crippen LogP contribution in [0.5, 0.6) is 0 Å². The number of nitrogens with one attached hydrogen (secondary N) is 1. The van der Waals surface area contributed by atoms with E-state index in [0.717, 1.165) is 12.8 Å². The molecule has 0 saturated carbocycles. The van der Waals surface area contributed by atoms with Gasteiger partial charge in [0.05, 0.1) is 0 Å². The minimum absolute atomic E-state index is 0.340. The Hall–Kier alpha value is -2.04. The number of hydrogen-bond acceptors (Lipinski definition) is 2. The van der Waals surface area contributed by atoms with Gasteiger partial charge < -0.3 is 15.3 Å². The van der Waals surface area contributed by atoms with Gasteiger partial charge in [-0.1, -0.05) is 37.3 Å². The molecule has 1 aromatic rings. The van der Waals surface area contributed by atoms with Gasteiger partial charge in [-0.2, -0.15) is 0 Å². The van der Waals surface area contributed by atoms with Crippen molar-refractivity contribution in [1.82, 2.24) is 10.2 Å². The van der Waals surface area contributed by atoms with E-state index in [2.05, 4.69) is 5.32 Å². The van der Waals surface area contributed by atoms with Crippen molar-refractivity contribution in [1.29, 1.82) is 0 Å². The molecule has 0 aromatic heterocycles. The number of carbonyl (C=O) groups is 2. The van der Waals surface area contributed by atoms with Crippen molar-refractivity contribution in [3.8, 4) is 0 Å². The summed E-state index contributed by atoms with van der Waals surface area (Å²) < 4.78 is 0. The molecular formula is C15H22N2O3. The Kier molecular flexibility index (Phi) is 6.56. The smallest absolute Gasteiger partial charge is 0.326 e. The molecule has 1 aromatic carbocycles. The van der Waals surface area contributed by atoms with Gasteiger partial charge in [-0.25, -0.2) is 9.59 Å². The Morgan fingerprint density at radius 2 is 1.95 bits per heavy atom. The number of carboxylic acids is 1. The van der Waals surface area contributed by atoms with Gasteiger partial charge in [0.15, 0.2) is 0 Å². The van der Waals surface area contributed by atoms with Crippen molar-refractivity contribution < 1.29 is 14.7 Å². The summed E-state index contributed by atoms with van der Waals surface area (Å²) in [5.41, 5.74) is 1.23. The second-order valence-electron chi connectivity index (χ2n) is 4.69. The second kappa shape index (κ2) is 8.19. The highest BCUT2D eigenvalue weighted by atomic mass is 16.4. The normalized spacial score (nSPS) is 11.7. The maximum atomic E-state index is 11.8. The fourth-order valence-electron chi connectivity index (χ4n) is 2.01. The van der Waals surface area contributed by atoms with Gasteiger partial charge in [0.2, 0.25) is 0 Å². The van der Waals surface area contributed by atoms with Crippen LogP contribution in [0.1, 0.15) is 25.3 Å². The van der Waals surface area contributed by atoms with Crippen LogP contribution in [-0.2, 0) is 11.2 Å². The zero-order valence-electron chi connectivity index (χ0n) is 12.0. The molecule has 0 spiro atoms. The van der Waals surface area contributed by atoms with Crippen LogP contribution in [0.4, 0.5) is 4.79 Å². The van der Waals surface area contributed by atoms with Crippen LogP contribution in [0.2, 0.25) is 0 Å². The van der Waals surface area contributed by atoms with E-state index in [1.807, 2.05) is 30.3 Å². The summed E-state index contributed by atoms with van der Waals surface area (Å²) >= 11 is 0. The summed E-state index contributed by atoms with van der Waals surface area (Å²) in [7, 11) is 1.51. The highest BCUT2D eigenvalue weighted by Crippen LogP contribution is 2.03. The predicted octanol–water partition coefficient (Wildman–Crippen LogP) is 2.12.